The van der Waals surface area contributed by atoms with Crippen LogP contribution in [0.15, 0.2) is 35.9 Å². The van der Waals surface area contributed by atoms with Gasteiger partial charge in [0.25, 0.3) is 5.69 Å². The number of hydrogen-bond acceptors (Lipinski definition) is 5. The number of carbonyl (C=O) groups excluding carboxylic acids is 1. The number of benzene rings is 1. The van der Waals surface area contributed by atoms with Gasteiger partial charge in [-0.2, -0.15) is 0 Å². The fraction of sp³-hybridized carbons (Fsp3) is 0.735. The van der Waals surface area contributed by atoms with E-state index in [9.17, 15) is 14.9 Å². The number of non-ortho nitro benzene ring substituents is 1. The molecule has 4 aliphatic carbocycles. The van der Waals surface area contributed by atoms with Crippen LogP contribution in [0.25, 0.3) is 0 Å². The summed E-state index contributed by atoms with van der Waals surface area (Å²) in [5.74, 6) is 3.57. The van der Waals surface area contributed by atoms with Gasteiger partial charge >= 0.3 is 6.16 Å². The summed E-state index contributed by atoms with van der Waals surface area (Å²) in [5, 5.41) is 10.9. The van der Waals surface area contributed by atoms with Crippen LogP contribution >= 0.6 is 0 Å². The number of nitrogens with zero attached hydrogens (tertiary/aromatic N) is 1. The Kier molecular flexibility index (Phi) is 8.92. The first-order valence-corrected chi connectivity index (χ1v) is 16.1. The molecule has 6 heteroatoms. The van der Waals surface area contributed by atoms with Gasteiger partial charge in [-0.05, 0) is 98.0 Å². The molecule has 4 unspecified atom stereocenters. The van der Waals surface area contributed by atoms with Gasteiger partial charge in [-0.3, -0.25) is 10.1 Å². The average Bonchev–Trinajstić information content (AvgIpc) is 3.27. The van der Waals surface area contributed by atoms with Gasteiger partial charge in [0.05, 0.1) is 4.92 Å². The second kappa shape index (κ2) is 12.2. The fourth-order valence-electron chi connectivity index (χ4n) is 9.37. The molecular formula is C34H49NO5. The molecule has 3 saturated carbocycles. The highest BCUT2D eigenvalue weighted by atomic mass is 16.7. The van der Waals surface area contributed by atoms with Crippen LogP contribution in [0.3, 0.4) is 0 Å². The Morgan fingerprint density at radius 1 is 0.975 bits per heavy atom. The van der Waals surface area contributed by atoms with Crippen molar-refractivity contribution in [3.63, 3.8) is 0 Å². The highest BCUT2D eigenvalue weighted by Crippen LogP contribution is 2.66. The second-order valence-corrected chi connectivity index (χ2v) is 13.7. The summed E-state index contributed by atoms with van der Waals surface area (Å²) in [5.41, 5.74) is 2.18. The molecule has 220 valence electrons. The lowest BCUT2D eigenvalue weighted by Gasteiger charge is -2.58. The number of unbranched alkanes of at least 4 members (excludes halogenated alkanes) is 5. The van der Waals surface area contributed by atoms with E-state index in [4.69, 9.17) is 9.47 Å². The van der Waals surface area contributed by atoms with Crippen molar-refractivity contribution in [3.05, 3.63) is 46.0 Å². The topological polar surface area (TPSA) is 78.7 Å². The lowest BCUT2D eigenvalue weighted by atomic mass is 9.47. The summed E-state index contributed by atoms with van der Waals surface area (Å²) in [6.07, 6.45) is 20.9. The van der Waals surface area contributed by atoms with Crippen molar-refractivity contribution in [1.29, 1.82) is 0 Å². The fourth-order valence-corrected chi connectivity index (χ4v) is 9.37. The van der Waals surface area contributed by atoms with Gasteiger partial charge in [0.1, 0.15) is 11.9 Å². The molecule has 1 aromatic carbocycles. The van der Waals surface area contributed by atoms with Crippen molar-refractivity contribution in [2.24, 2.45) is 34.5 Å². The lowest BCUT2D eigenvalue weighted by Crippen LogP contribution is -2.50. The van der Waals surface area contributed by atoms with Gasteiger partial charge in [0.2, 0.25) is 0 Å². The van der Waals surface area contributed by atoms with Crippen LogP contribution in [0.4, 0.5) is 10.5 Å². The molecule has 1 aromatic rings. The molecule has 0 heterocycles. The van der Waals surface area contributed by atoms with E-state index in [-0.39, 0.29) is 23.0 Å². The Morgan fingerprint density at radius 2 is 1.73 bits per heavy atom. The van der Waals surface area contributed by atoms with Gasteiger partial charge < -0.3 is 9.47 Å². The van der Waals surface area contributed by atoms with Gasteiger partial charge in [-0.15, -0.1) is 0 Å². The van der Waals surface area contributed by atoms with Crippen molar-refractivity contribution in [1.82, 2.24) is 0 Å². The van der Waals surface area contributed by atoms with Crippen molar-refractivity contribution in [3.8, 4) is 5.75 Å². The number of allylic oxidation sites excluding steroid dienone is 1. The van der Waals surface area contributed by atoms with E-state index in [1.165, 1.54) is 107 Å². The molecule has 40 heavy (non-hydrogen) atoms. The molecule has 0 aliphatic heterocycles. The zero-order valence-electron chi connectivity index (χ0n) is 24.9. The maximum absolute atomic E-state index is 12.5. The number of nitro groups is 1. The number of ether oxygens (including phenoxy) is 2. The molecule has 3 fully saturated rings. The van der Waals surface area contributed by atoms with Gasteiger partial charge in [0, 0.05) is 18.6 Å². The number of rotatable bonds is 10. The van der Waals surface area contributed by atoms with E-state index in [1.54, 1.807) is 0 Å². The first kappa shape index (κ1) is 29.1. The van der Waals surface area contributed by atoms with Gasteiger partial charge in [-0.1, -0.05) is 70.9 Å². The van der Waals surface area contributed by atoms with Crippen LogP contribution in [-0.4, -0.2) is 17.2 Å². The minimum atomic E-state index is -0.729. The second-order valence-electron chi connectivity index (χ2n) is 13.7. The summed E-state index contributed by atoms with van der Waals surface area (Å²) in [7, 11) is 0. The molecule has 0 spiro atoms. The van der Waals surface area contributed by atoms with Crippen LogP contribution < -0.4 is 4.74 Å². The summed E-state index contributed by atoms with van der Waals surface area (Å²) < 4.78 is 11.1. The number of nitro benzene ring substituents is 1. The van der Waals surface area contributed by atoms with E-state index in [2.05, 4.69) is 26.8 Å². The summed E-state index contributed by atoms with van der Waals surface area (Å²) in [4.78, 5) is 22.9. The first-order valence-electron chi connectivity index (χ1n) is 16.1. The molecular weight excluding hydrogens is 502 g/mol. The van der Waals surface area contributed by atoms with Gasteiger partial charge in [-0.25, -0.2) is 4.79 Å². The van der Waals surface area contributed by atoms with Crippen LogP contribution in [0.1, 0.15) is 117 Å². The highest BCUT2D eigenvalue weighted by Gasteiger charge is 2.58. The zero-order chi connectivity index (χ0) is 28.3. The van der Waals surface area contributed by atoms with Crippen LogP contribution in [-0.2, 0) is 4.74 Å². The normalized spacial score (nSPS) is 34.7. The van der Waals surface area contributed by atoms with Crippen molar-refractivity contribution in [2.45, 2.75) is 123 Å². The van der Waals surface area contributed by atoms with Crippen molar-refractivity contribution in [2.75, 3.05) is 0 Å². The maximum Gasteiger partial charge on any atom is 0.514 e. The third kappa shape index (κ3) is 5.83. The Morgan fingerprint density at radius 3 is 2.48 bits per heavy atom. The Labute approximate surface area is 240 Å². The number of fused-ring (bicyclic) bond motifs is 5. The predicted octanol–water partition coefficient (Wildman–Crippen LogP) is 9.81. The summed E-state index contributed by atoms with van der Waals surface area (Å²) in [6, 6.07) is 5.51. The zero-order valence-corrected chi connectivity index (χ0v) is 24.9. The first-order chi connectivity index (χ1) is 19.2. The molecule has 5 rings (SSSR count). The molecule has 0 bridgehead atoms. The SMILES string of the molecule is CCCCCCCCC1CCC2C3CC=C4C[C@@H](OC(=O)Oc5ccc([N+](=O)[O-])cc5)CC[C@]4(C)C3CC[C@]12C. The molecule has 0 N–H and O–H groups in total. The van der Waals surface area contributed by atoms with Crippen LogP contribution in [0, 0.1) is 44.6 Å². The average molecular weight is 552 g/mol. The third-order valence-electron chi connectivity index (χ3n) is 11.7. The third-order valence-corrected chi connectivity index (χ3v) is 11.7. The maximum atomic E-state index is 12.5. The predicted molar refractivity (Wildman–Crippen MR) is 157 cm³/mol. The smallest absolute Gasteiger partial charge is 0.430 e. The standard InChI is InChI=1S/C34H49NO5/c1-4-5-6-7-8-9-10-24-12-18-30-29-17-11-25-23-28(19-21-34(25,3)31(29)20-22-33(24,30)2)40-32(36)39-27-15-13-26(14-16-27)35(37)38/h11,13-16,24,28-31H,4-10,12,17-23H2,1-3H3/t24?,28-,29?,30?,31?,33+,34-/m0/s1. The molecule has 0 saturated heterocycles. The van der Waals surface area contributed by atoms with E-state index < -0.39 is 11.1 Å². The molecule has 4 aliphatic rings. The van der Waals surface area contributed by atoms with Crippen LogP contribution in [0.2, 0.25) is 0 Å². The quantitative estimate of drug-likeness (QED) is 0.0722. The summed E-state index contributed by atoms with van der Waals surface area (Å²) >= 11 is 0. The Bertz CT molecular complexity index is 1080. The number of hydrogen-bond donors (Lipinski definition) is 0. The van der Waals surface area contributed by atoms with Crippen molar-refractivity contribution >= 4 is 11.8 Å². The van der Waals surface area contributed by atoms with Crippen molar-refractivity contribution < 1.29 is 19.2 Å². The lowest BCUT2D eigenvalue weighted by molar-refractivity contribution is -0.384. The Hall–Kier alpha value is -2.37. The van der Waals surface area contributed by atoms with Gasteiger partial charge in [0.15, 0.2) is 0 Å². The van der Waals surface area contributed by atoms with E-state index >= 15 is 0 Å². The van der Waals surface area contributed by atoms with E-state index in [1.807, 2.05) is 0 Å². The monoisotopic (exact) mass is 551 g/mol. The minimum Gasteiger partial charge on any atom is -0.430 e. The largest absolute Gasteiger partial charge is 0.514 e. The molecule has 6 nitrogen and oxygen atoms in total. The van der Waals surface area contributed by atoms with Crippen LogP contribution in [0.5, 0.6) is 5.75 Å². The molecule has 0 amide bonds. The number of carbonyl (C=O) groups is 1. The van der Waals surface area contributed by atoms with E-state index in [0.29, 0.717) is 5.41 Å². The minimum absolute atomic E-state index is 0.0382. The molecule has 0 aromatic heterocycles. The Balaban J connectivity index is 1.16. The molecule has 0 radical (unpaired) electrons. The summed E-state index contributed by atoms with van der Waals surface area (Å²) in [6.45, 7) is 7.43. The van der Waals surface area contributed by atoms with E-state index in [0.717, 1.165) is 42.9 Å². The highest BCUT2D eigenvalue weighted by molar-refractivity contribution is 5.64. The molecule has 7 atom stereocenters.